The molecular formula is C6H14IN6O4-. The van der Waals surface area contributed by atoms with E-state index < -0.39 is 45.1 Å². The number of nitrogens with zero attached hydrogens (tertiary/aromatic N) is 1. The Balaban J connectivity index is 3.92. The van der Waals surface area contributed by atoms with Gasteiger partial charge in [-0.2, -0.15) is 0 Å². The molecule has 0 rings (SSSR count). The molecule has 0 aliphatic heterocycles. The van der Waals surface area contributed by atoms with Gasteiger partial charge in [-0.05, 0) is 0 Å². The van der Waals surface area contributed by atoms with Crippen molar-refractivity contribution in [1.82, 2.24) is 0 Å². The molecule has 0 spiro atoms. The van der Waals surface area contributed by atoms with Crippen LogP contribution in [0.2, 0.25) is 0 Å². The van der Waals surface area contributed by atoms with Gasteiger partial charge in [-0.3, -0.25) is 0 Å². The second-order valence-corrected chi connectivity index (χ2v) is 4.62. The molecule has 0 unspecified atom stereocenters. The van der Waals surface area contributed by atoms with Crippen LogP contribution in [0, 0.1) is 0 Å². The van der Waals surface area contributed by atoms with E-state index in [2.05, 4.69) is 19.5 Å². The molecule has 0 aromatic rings. The number of esters is 1. The molecule has 0 saturated heterocycles. The van der Waals surface area contributed by atoms with Crippen molar-refractivity contribution >= 4 is 18.7 Å². The van der Waals surface area contributed by atoms with E-state index in [9.17, 15) is 9.59 Å². The van der Waals surface area contributed by atoms with Gasteiger partial charge in [-0.25, -0.2) is 0 Å². The van der Waals surface area contributed by atoms with Crippen molar-refractivity contribution in [2.45, 2.75) is 11.6 Å². The van der Waals surface area contributed by atoms with E-state index in [1.807, 2.05) is 0 Å². The van der Waals surface area contributed by atoms with Gasteiger partial charge in [-0.15, -0.1) is 0 Å². The van der Waals surface area contributed by atoms with Gasteiger partial charge in [0, 0.05) is 0 Å². The molecule has 0 radical (unpaired) electrons. The Morgan fingerprint density at radius 2 is 1.71 bits per heavy atom. The predicted molar refractivity (Wildman–Crippen MR) is 53.0 cm³/mol. The first kappa shape index (κ1) is 16.1. The maximum atomic E-state index is 11.1. The number of ether oxygens (including phenoxy) is 1. The minimum absolute atomic E-state index is 0.189. The number of nitrogens with two attached hydrogens (primary N) is 5. The SMILES string of the molecule is C=NC(N)(N)C(=O)OC[I-]OC(=O)C(N)(N)N. The molecule has 0 saturated carbocycles. The first-order valence-corrected chi connectivity index (χ1v) is 6.42. The van der Waals surface area contributed by atoms with Crippen LogP contribution in [0.3, 0.4) is 0 Å². The second kappa shape index (κ2) is 6.18. The molecule has 0 aliphatic carbocycles. The number of aliphatic imine (C=N–C) groups is 1. The summed E-state index contributed by atoms with van der Waals surface area (Å²) in [5, 5.41) is 0. The zero-order chi connectivity index (χ0) is 13.7. The summed E-state index contributed by atoms with van der Waals surface area (Å²) in [6, 6.07) is 0. The minimum atomic E-state index is -2.07. The summed E-state index contributed by atoms with van der Waals surface area (Å²) in [6.07, 6.45) is 0. The van der Waals surface area contributed by atoms with Crippen LogP contribution in [0.25, 0.3) is 0 Å². The quantitative estimate of drug-likeness (QED) is 0.0762. The topological polar surface area (TPSA) is 195 Å². The van der Waals surface area contributed by atoms with Crippen molar-refractivity contribution in [3.05, 3.63) is 0 Å². The Morgan fingerprint density at radius 3 is 2.12 bits per heavy atom. The number of hydrogen-bond donors (Lipinski definition) is 5. The van der Waals surface area contributed by atoms with Gasteiger partial charge in [0.25, 0.3) is 0 Å². The van der Waals surface area contributed by atoms with Crippen molar-refractivity contribution in [2.75, 3.05) is 4.61 Å². The Hall–Kier alpha value is -0.860. The molecule has 17 heavy (non-hydrogen) atoms. The number of rotatable bonds is 6. The average molecular weight is 361 g/mol. The normalized spacial score (nSPS) is 12.1. The molecule has 10 nitrogen and oxygen atoms in total. The van der Waals surface area contributed by atoms with Gasteiger partial charge >= 0.3 is 108 Å². The van der Waals surface area contributed by atoms with E-state index in [1.54, 1.807) is 0 Å². The van der Waals surface area contributed by atoms with Crippen LogP contribution in [-0.4, -0.2) is 34.8 Å². The molecule has 0 heterocycles. The zero-order valence-corrected chi connectivity index (χ0v) is 10.9. The molecule has 0 aromatic carbocycles. The summed E-state index contributed by atoms with van der Waals surface area (Å²) in [5.74, 6) is -6.09. The molecule has 0 atom stereocenters. The summed E-state index contributed by atoms with van der Waals surface area (Å²) in [4.78, 5) is 25.3. The van der Waals surface area contributed by atoms with E-state index in [4.69, 9.17) is 28.7 Å². The first-order valence-electron chi connectivity index (χ1n) is 4.01. The van der Waals surface area contributed by atoms with Crippen molar-refractivity contribution in [3.8, 4) is 0 Å². The van der Waals surface area contributed by atoms with Crippen LogP contribution in [0.4, 0.5) is 0 Å². The van der Waals surface area contributed by atoms with Crippen LogP contribution < -0.4 is 50.3 Å². The van der Waals surface area contributed by atoms with E-state index in [-0.39, 0.29) is 4.61 Å². The van der Waals surface area contributed by atoms with E-state index >= 15 is 0 Å². The fourth-order valence-corrected chi connectivity index (χ4v) is 1.59. The molecule has 100 valence electrons. The third-order valence-corrected chi connectivity index (χ3v) is 2.57. The zero-order valence-electron chi connectivity index (χ0n) is 8.76. The number of hydrogen-bond acceptors (Lipinski definition) is 10. The second-order valence-electron chi connectivity index (χ2n) is 2.93. The third-order valence-electron chi connectivity index (χ3n) is 1.30. The van der Waals surface area contributed by atoms with Crippen LogP contribution in [0.15, 0.2) is 4.99 Å². The summed E-state index contributed by atoms with van der Waals surface area (Å²) in [6.45, 7) is 3.02. The standard InChI is InChI=1S/C6H14IN6O4/c1-13-6(11,12)4(15)16-2-7-17-3(14)5(8,9)10/h1-2,8-12H2/q-1. The van der Waals surface area contributed by atoms with Crippen LogP contribution in [-0.2, 0) is 17.4 Å². The van der Waals surface area contributed by atoms with E-state index in [0.29, 0.717) is 0 Å². The van der Waals surface area contributed by atoms with Gasteiger partial charge in [0.15, 0.2) is 0 Å². The summed E-state index contributed by atoms with van der Waals surface area (Å²) >= 11 is -1.27. The van der Waals surface area contributed by atoms with Gasteiger partial charge in [-0.1, -0.05) is 0 Å². The Labute approximate surface area is 108 Å². The maximum absolute atomic E-state index is 11.1. The van der Waals surface area contributed by atoms with Crippen molar-refractivity contribution in [1.29, 1.82) is 0 Å². The Morgan fingerprint density at radius 1 is 1.18 bits per heavy atom. The Kier molecular flexibility index (Phi) is 5.86. The van der Waals surface area contributed by atoms with Crippen LogP contribution >= 0.6 is 0 Å². The predicted octanol–water partition coefficient (Wildman–Crippen LogP) is -7.16. The summed E-state index contributed by atoms with van der Waals surface area (Å²) in [7, 11) is 0. The monoisotopic (exact) mass is 361 g/mol. The van der Waals surface area contributed by atoms with Crippen molar-refractivity contribution in [3.63, 3.8) is 0 Å². The van der Waals surface area contributed by atoms with E-state index in [0.717, 1.165) is 0 Å². The summed E-state index contributed by atoms with van der Waals surface area (Å²) in [5.41, 5.74) is 25.5. The first-order chi connectivity index (χ1) is 7.61. The van der Waals surface area contributed by atoms with Crippen LogP contribution in [0.1, 0.15) is 0 Å². The number of halogens is 1. The number of carbonyl (C=O) groups excluding carboxylic acids is 2. The molecule has 11 heteroatoms. The van der Waals surface area contributed by atoms with Gasteiger partial charge in [0.2, 0.25) is 0 Å². The Bertz CT molecular complexity index is 314. The number of carbonyl (C=O) groups is 2. The van der Waals surface area contributed by atoms with Crippen molar-refractivity contribution < 1.29 is 39.0 Å². The molecule has 10 N–H and O–H groups in total. The number of alkyl halides is 1. The molecule has 0 bridgehead atoms. The van der Waals surface area contributed by atoms with E-state index in [1.165, 1.54) is 0 Å². The van der Waals surface area contributed by atoms with Crippen LogP contribution in [0.5, 0.6) is 0 Å². The van der Waals surface area contributed by atoms with Gasteiger partial charge in [0.1, 0.15) is 0 Å². The van der Waals surface area contributed by atoms with Gasteiger partial charge < -0.3 is 0 Å². The third kappa shape index (κ3) is 5.85. The molecular weight excluding hydrogens is 347 g/mol. The average Bonchev–Trinajstić information content (AvgIpc) is 2.22. The molecule has 0 fully saturated rings. The fourth-order valence-electron chi connectivity index (χ4n) is 0.391. The molecule has 0 amide bonds. The van der Waals surface area contributed by atoms with Crippen molar-refractivity contribution in [2.24, 2.45) is 33.7 Å². The fraction of sp³-hybridized carbons (Fsp3) is 0.500. The van der Waals surface area contributed by atoms with Gasteiger partial charge in [0.05, 0.1) is 0 Å². The summed E-state index contributed by atoms with van der Waals surface area (Å²) < 4.78 is 8.99. The molecule has 0 aliphatic rings. The molecule has 0 aromatic heterocycles.